The maximum absolute atomic E-state index is 11.3. The predicted octanol–water partition coefficient (Wildman–Crippen LogP) is -1.31. The first-order valence-corrected chi connectivity index (χ1v) is 7.85. The monoisotopic (exact) mass is 326 g/mol. The molecule has 0 heterocycles. The lowest BCUT2D eigenvalue weighted by Crippen LogP contribution is -2.33. The summed E-state index contributed by atoms with van der Waals surface area (Å²) in [5.41, 5.74) is -2.35. The van der Waals surface area contributed by atoms with Crippen LogP contribution in [0.4, 0.5) is 0 Å². The average Bonchev–Trinajstić information content (AvgIpc) is 2.24. The van der Waals surface area contributed by atoms with Crippen molar-refractivity contribution in [3.8, 4) is 0 Å². The Balaban J connectivity index is 4.02. The van der Waals surface area contributed by atoms with E-state index >= 15 is 0 Å². The molecule has 110 valence electrons. The molecule has 1 aromatic carbocycles. The highest BCUT2D eigenvalue weighted by Gasteiger charge is 2.38. The molecule has 0 fully saturated rings. The molecule has 10 nitrogen and oxygen atoms in total. The van der Waals surface area contributed by atoms with E-state index in [2.05, 4.69) is 0 Å². The van der Waals surface area contributed by atoms with E-state index in [1.165, 1.54) is 0 Å². The molecule has 0 unspecified atom stereocenters. The van der Waals surface area contributed by atoms with Crippen LogP contribution in [-0.2, 0) is 9.13 Å². The van der Waals surface area contributed by atoms with Gasteiger partial charge in [-0.3, -0.25) is 9.13 Å². The summed E-state index contributed by atoms with van der Waals surface area (Å²) in [6, 6.07) is 1.03. The van der Waals surface area contributed by atoms with Gasteiger partial charge in [-0.25, -0.2) is 9.59 Å². The summed E-state index contributed by atoms with van der Waals surface area (Å²) in [6.07, 6.45) is 0. The van der Waals surface area contributed by atoms with Gasteiger partial charge < -0.3 is 29.8 Å². The SMILES string of the molecule is O=C(O)c1ccc(P(=O)(O)O)c(P(=O)(O)O)c1C(=O)O. The Labute approximate surface area is 110 Å². The summed E-state index contributed by atoms with van der Waals surface area (Å²) in [7, 11) is -10.7. The van der Waals surface area contributed by atoms with Gasteiger partial charge in [0, 0.05) is 0 Å². The number of benzene rings is 1. The first-order valence-electron chi connectivity index (χ1n) is 4.63. The van der Waals surface area contributed by atoms with Crippen molar-refractivity contribution in [2.24, 2.45) is 0 Å². The third-order valence-corrected chi connectivity index (χ3v) is 4.43. The highest BCUT2D eigenvalue weighted by Crippen LogP contribution is 2.41. The summed E-state index contributed by atoms with van der Waals surface area (Å²) in [5, 5.41) is 14.9. The normalized spacial score (nSPS) is 12.2. The molecule has 0 spiro atoms. The van der Waals surface area contributed by atoms with Crippen molar-refractivity contribution in [3.63, 3.8) is 0 Å². The van der Waals surface area contributed by atoms with E-state index in [0.29, 0.717) is 12.1 Å². The topological polar surface area (TPSA) is 190 Å². The Bertz CT molecular complexity index is 681. The Morgan fingerprint density at radius 3 is 1.65 bits per heavy atom. The zero-order chi connectivity index (χ0) is 15.9. The second-order valence-corrected chi connectivity index (χ2v) is 6.66. The van der Waals surface area contributed by atoms with Crippen molar-refractivity contribution in [1.82, 2.24) is 0 Å². The number of hydrogen-bond donors (Lipinski definition) is 6. The molecule has 0 radical (unpaired) electrons. The van der Waals surface area contributed by atoms with Crippen molar-refractivity contribution < 1.29 is 48.5 Å². The van der Waals surface area contributed by atoms with Crippen LogP contribution in [0.25, 0.3) is 0 Å². The van der Waals surface area contributed by atoms with Gasteiger partial charge in [0.25, 0.3) is 0 Å². The Morgan fingerprint density at radius 2 is 1.35 bits per heavy atom. The van der Waals surface area contributed by atoms with Crippen LogP contribution in [0.15, 0.2) is 12.1 Å². The second kappa shape index (κ2) is 5.10. The van der Waals surface area contributed by atoms with Crippen LogP contribution in [0.1, 0.15) is 20.7 Å². The minimum absolute atomic E-state index is 0.477. The highest BCUT2D eigenvalue weighted by atomic mass is 31.2. The van der Waals surface area contributed by atoms with E-state index in [1.54, 1.807) is 0 Å². The largest absolute Gasteiger partial charge is 0.478 e. The molecular formula is C8H8O10P2. The Hall–Kier alpha value is -1.54. The van der Waals surface area contributed by atoms with Gasteiger partial charge in [0.05, 0.1) is 21.7 Å². The summed E-state index contributed by atoms with van der Waals surface area (Å²) in [5.74, 6) is -3.84. The van der Waals surface area contributed by atoms with Crippen molar-refractivity contribution >= 4 is 37.7 Å². The summed E-state index contributed by atoms with van der Waals surface area (Å²) in [6.45, 7) is 0. The van der Waals surface area contributed by atoms with Crippen molar-refractivity contribution in [3.05, 3.63) is 23.3 Å². The molecule has 12 heteroatoms. The van der Waals surface area contributed by atoms with Crippen LogP contribution in [0.5, 0.6) is 0 Å². The summed E-state index contributed by atoms with van der Waals surface area (Å²) < 4.78 is 22.5. The van der Waals surface area contributed by atoms with Gasteiger partial charge in [-0.1, -0.05) is 0 Å². The molecule has 0 bridgehead atoms. The predicted molar refractivity (Wildman–Crippen MR) is 63.7 cm³/mol. The number of carbonyl (C=O) groups is 2. The van der Waals surface area contributed by atoms with Gasteiger partial charge in [0.2, 0.25) is 0 Å². The maximum atomic E-state index is 11.3. The zero-order valence-corrected chi connectivity index (χ0v) is 11.2. The highest BCUT2D eigenvalue weighted by molar-refractivity contribution is 7.67. The number of carboxylic acid groups (broad SMARTS) is 2. The molecule has 1 rings (SSSR count). The van der Waals surface area contributed by atoms with Crippen LogP contribution in [-0.4, -0.2) is 41.7 Å². The van der Waals surface area contributed by atoms with Gasteiger partial charge >= 0.3 is 27.1 Å². The third-order valence-electron chi connectivity index (χ3n) is 2.21. The fraction of sp³-hybridized carbons (Fsp3) is 0. The maximum Gasteiger partial charge on any atom is 0.358 e. The first-order chi connectivity index (χ1) is 8.87. The lowest BCUT2D eigenvalue weighted by Gasteiger charge is -2.16. The lowest BCUT2D eigenvalue weighted by molar-refractivity contribution is 0.0652. The fourth-order valence-electron chi connectivity index (χ4n) is 1.50. The fourth-order valence-corrected chi connectivity index (χ4v) is 3.82. The first kappa shape index (κ1) is 16.5. The van der Waals surface area contributed by atoms with Crippen molar-refractivity contribution in [1.29, 1.82) is 0 Å². The van der Waals surface area contributed by atoms with Crippen LogP contribution >= 0.6 is 15.2 Å². The number of carboxylic acids is 2. The van der Waals surface area contributed by atoms with Crippen molar-refractivity contribution in [2.45, 2.75) is 0 Å². The van der Waals surface area contributed by atoms with Gasteiger partial charge in [0.15, 0.2) is 0 Å². The molecule has 0 amide bonds. The minimum Gasteiger partial charge on any atom is -0.478 e. The van der Waals surface area contributed by atoms with Crippen LogP contribution in [0, 0.1) is 0 Å². The molecule has 20 heavy (non-hydrogen) atoms. The minimum atomic E-state index is -5.45. The molecular weight excluding hydrogens is 318 g/mol. The quantitative estimate of drug-likeness (QED) is 0.362. The molecule has 0 aromatic heterocycles. The summed E-state index contributed by atoms with van der Waals surface area (Å²) >= 11 is 0. The molecule has 6 N–H and O–H groups in total. The molecule has 0 saturated heterocycles. The van der Waals surface area contributed by atoms with Gasteiger partial charge in [-0.15, -0.1) is 0 Å². The van der Waals surface area contributed by atoms with E-state index in [-0.39, 0.29) is 0 Å². The van der Waals surface area contributed by atoms with Gasteiger partial charge in [-0.05, 0) is 12.1 Å². The van der Waals surface area contributed by atoms with Crippen LogP contribution in [0.3, 0.4) is 0 Å². The van der Waals surface area contributed by atoms with Gasteiger partial charge in [-0.2, -0.15) is 0 Å². The van der Waals surface area contributed by atoms with E-state index in [1.807, 2.05) is 0 Å². The van der Waals surface area contributed by atoms with Crippen molar-refractivity contribution in [2.75, 3.05) is 0 Å². The van der Waals surface area contributed by atoms with E-state index in [9.17, 15) is 18.7 Å². The lowest BCUT2D eigenvalue weighted by atomic mass is 10.1. The zero-order valence-electron chi connectivity index (χ0n) is 9.37. The molecule has 0 aliphatic carbocycles. The van der Waals surface area contributed by atoms with E-state index < -0.39 is 48.9 Å². The standard InChI is InChI=1S/C8H8O10P2/c9-7(10)3-1-2-4(19(13,14)15)6(20(16,17)18)5(3)8(11)12/h1-2H,(H,9,10)(H,11,12)(H2,13,14,15)(H2,16,17,18). The molecule has 0 saturated carbocycles. The number of aromatic carboxylic acids is 2. The smallest absolute Gasteiger partial charge is 0.358 e. The van der Waals surface area contributed by atoms with E-state index in [0.717, 1.165) is 0 Å². The van der Waals surface area contributed by atoms with Crippen LogP contribution < -0.4 is 10.6 Å². The molecule has 0 aliphatic heterocycles. The van der Waals surface area contributed by atoms with Crippen LogP contribution in [0.2, 0.25) is 0 Å². The Morgan fingerprint density at radius 1 is 0.850 bits per heavy atom. The van der Waals surface area contributed by atoms with E-state index in [4.69, 9.17) is 29.8 Å². The van der Waals surface area contributed by atoms with Gasteiger partial charge in [0.1, 0.15) is 0 Å². The molecule has 0 atom stereocenters. The second-order valence-electron chi connectivity index (χ2n) is 3.55. The molecule has 0 aliphatic rings. The summed E-state index contributed by atoms with van der Waals surface area (Å²) in [4.78, 5) is 58.0. The number of hydrogen-bond acceptors (Lipinski definition) is 4. The average molecular weight is 326 g/mol. The third kappa shape index (κ3) is 3.13. The number of rotatable bonds is 4. The molecule has 1 aromatic rings. The Kier molecular flexibility index (Phi) is 4.21.